The maximum atomic E-state index is 6.49. The summed E-state index contributed by atoms with van der Waals surface area (Å²) in [7, 11) is 0. The summed E-state index contributed by atoms with van der Waals surface area (Å²) in [4.78, 5) is 10.5. The van der Waals surface area contributed by atoms with Crippen molar-refractivity contribution in [1.82, 2.24) is 18.9 Å². The lowest BCUT2D eigenvalue weighted by Gasteiger charge is -2.11. The number of nitrogens with zero attached hydrogens (tertiary/aromatic N) is 4. The van der Waals surface area contributed by atoms with Crippen LogP contribution in [0.4, 0.5) is 0 Å². The van der Waals surface area contributed by atoms with Gasteiger partial charge in [0.15, 0.2) is 11.4 Å². The predicted octanol–water partition coefficient (Wildman–Crippen LogP) is 14.8. The van der Waals surface area contributed by atoms with Gasteiger partial charge in [-0.25, -0.2) is 9.97 Å². The molecule has 14 aromatic rings. The third-order valence-electron chi connectivity index (χ3n) is 12.9. The molecule has 0 aliphatic carbocycles. The molecular formula is C56H32N4O. The number of rotatable bonds is 4. The molecule has 9 aromatic carbocycles. The van der Waals surface area contributed by atoms with Gasteiger partial charge in [0.25, 0.3) is 0 Å². The highest BCUT2D eigenvalue weighted by Gasteiger charge is 2.25. The third kappa shape index (κ3) is 4.49. The van der Waals surface area contributed by atoms with E-state index in [0.717, 1.165) is 44.6 Å². The number of fused-ring (bicyclic) bond motifs is 15. The van der Waals surface area contributed by atoms with E-state index < -0.39 is 0 Å². The first kappa shape index (κ1) is 32.7. The Morgan fingerprint density at radius 2 is 1.03 bits per heavy atom. The molecule has 0 N–H and O–H groups in total. The Bertz CT molecular complexity index is 4080. The monoisotopic (exact) mass is 776 g/mol. The molecule has 61 heavy (non-hydrogen) atoms. The Hall–Kier alpha value is -8.28. The number of aromatic nitrogens is 4. The minimum absolute atomic E-state index is 0.653. The van der Waals surface area contributed by atoms with Crippen molar-refractivity contribution >= 4 is 92.7 Å². The molecule has 5 aromatic heterocycles. The Balaban J connectivity index is 1.00. The van der Waals surface area contributed by atoms with Crippen LogP contribution in [0.15, 0.2) is 199 Å². The average molecular weight is 777 g/mol. The maximum absolute atomic E-state index is 6.49. The van der Waals surface area contributed by atoms with Gasteiger partial charge in [-0.05, 0) is 82.6 Å². The van der Waals surface area contributed by atoms with Crippen LogP contribution in [-0.4, -0.2) is 18.9 Å². The van der Waals surface area contributed by atoms with E-state index in [-0.39, 0.29) is 0 Å². The van der Waals surface area contributed by atoms with Gasteiger partial charge in [-0.1, -0.05) is 133 Å². The van der Waals surface area contributed by atoms with Crippen molar-refractivity contribution < 1.29 is 4.42 Å². The van der Waals surface area contributed by atoms with Gasteiger partial charge in [0.1, 0.15) is 16.8 Å². The zero-order valence-electron chi connectivity index (χ0n) is 32.7. The Kier molecular flexibility index (Phi) is 6.49. The highest BCUT2D eigenvalue weighted by molar-refractivity contribution is 6.38. The van der Waals surface area contributed by atoms with Crippen LogP contribution in [0.3, 0.4) is 0 Å². The van der Waals surface area contributed by atoms with Gasteiger partial charge in [-0.15, -0.1) is 0 Å². The van der Waals surface area contributed by atoms with Crippen molar-refractivity contribution in [2.45, 2.75) is 0 Å². The van der Waals surface area contributed by atoms with E-state index in [9.17, 15) is 0 Å². The quantitative estimate of drug-likeness (QED) is 0.179. The summed E-state index contributed by atoms with van der Waals surface area (Å²) in [5.41, 5.74) is 14.5. The van der Waals surface area contributed by atoms with Crippen molar-refractivity contribution in [3.8, 4) is 39.5 Å². The number of para-hydroxylation sites is 3. The zero-order chi connectivity index (χ0) is 39.8. The fourth-order valence-corrected chi connectivity index (χ4v) is 10.2. The number of benzene rings is 9. The Morgan fingerprint density at radius 3 is 1.85 bits per heavy atom. The van der Waals surface area contributed by atoms with E-state index in [2.05, 4.69) is 179 Å². The smallest absolute Gasteiger partial charge is 0.180 e. The van der Waals surface area contributed by atoms with Crippen LogP contribution in [0.5, 0.6) is 0 Å². The molecule has 14 rings (SSSR count). The van der Waals surface area contributed by atoms with Crippen LogP contribution >= 0.6 is 0 Å². The van der Waals surface area contributed by atoms with Gasteiger partial charge in [0.2, 0.25) is 0 Å². The van der Waals surface area contributed by atoms with Crippen LogP contribution in [-0.2, 0) is 0 Å². The van der Waals surface area contributed by atoms with Crippen LogP contribution in [0.2, 0.25) is 0 Å². The molecule has 0 amide bonds. The molecule has 0 spiro atoms. The van der Waals surface area contributed by atoms with Gasteiger partial charge < -0.3 is 13.4 Å². The van der Waals surface area contributed by atoms with E-state index in [4.69, 9.17) is 14.4 Å². The standard InChI is InChI=1S/C56H32N4O/c1-2-12-33(13-3-1)34-22-24-36(25-23-34)52-55-53(42-18-8-11-21-48(42)61-55)58-56(57-52)37-26-29-38(30-27-37)59-46-31-28-35-14-4-5-15-39(35)49(46)51-47(59)32-43-40-16-6-9-19-44(40)60-45-20-10-7-17-41(45)50(51)54(43)60/h1-32H. The lowest BCUT2D eigenvalue weighted by molar-refractivity contribution is 0.667. The van der Waals surface area contributed by atoms with Gasteiger partial charge in [0, 0.05) is 54.5 Å². The van der Waals surface area contributed by atoms with Gasteiger partial charge in [-0.2, -0.15) is 0 Å². The molecule has 5 nitrogen and oxygen atoms in total. The third-order valence-corrected chi connectivity index (χ3v) is 12.9. The van der Waals surface area contributed by atoms with Gasteiger partial charge in [0.05, 0.1) is 27.6 Å². The fourth-order valence-electron chi connectivity index (χ4n) is 10.2. The largest absolute Gasteiger partial charge is 0.452 e. The van der Waals surface area contributed by atoms with Crippen molar-refractivity contribution in [2.75, 3.05) is 0 Å². The van der Waals surface area contributed by atoms with Crippen LogP contribution in [0, 0.1) is 0 Å². The minimum Gasteiger partial charge on any atom is -0.452 e. The van der Waals surface area contributed by atoms with E-state index in [1.54, 1.807) is 0 Å². The maximum Gasteiger partial charge on any atom is 0.180 e. The lowest BCUT2D eigenvalue weighted by Crippen LogP contribution is -1.96. The van der Waals surface area contributed by atoms with Crippen molar-refractivity contribution in [1.29, 1.82) is 0 Å². The van der Waals surface area contributed by atoms with E-state index in [0.29, 0.717) is 11.4 Å². The molecule has 0 fully saturated rings. The fraction of sp³-hybridized carbons (Fsp3) is 0. The van der Waals surface area contributed by atoms with Crippen LogP contribution < -0.4 is 0 Å². The number of hydrogen-bond acceptors (Lipinski definition) is 3. The second kappa shape index (κ2) is 12.1. The summed E-state index contributed by atoms with van der Waals surface area (Å²) in [5.74, 6) is 0.653. The van der Waals surface area contributed by atoms with E-state index in [1.807, 2.05) is 24.3 Å². The van der Waals surface area contributed by atoms with Crippen molar-refractivity contribution in [2.24, 2.45) is 0 Å². The summed E-state index contributed by atoms with van der Waals surface area (Å²) >= 11 is 0. The number of hydrogen-bond donors (Lipinski definition) is 0. The molecule has 5 heterocycles. The second-order valence-corrected chi connectivity index (χ2v) is 16.1. The molecule has 0 aliphatic heterocycles. The highest BCUT2D eigenvalue weighted by Crippen LogP contribution is 2.48. The molecular weight excluding hydrogens is 745 g/mol. The van der Waals surface area contributed by atoms with Crippen molar-refractivity contribution in [3.63, 3.8) is 0 Å². The highest BCUT2D eigenvalue weighted by atomic mass is 16.3. The molecule has 0 unspecified atom stereocenters. The SMILES string of the molecule is c1ccc(-c2ccc(-c3nc(-c4ccc(-n5c6ccc7ccccc7c6c6c7c8ccccc8n8c9ccccc9c(cc65)c78)cc4)nc4c3oc3ccccc34)cc2)cc1. The Labute approximate surface area is 348 Å². The lowest BCUT2D eigenvalue weighted by atomic mass is 9.99. The van der Waals surface area contributed by atoms with Crippen LogP contribution in [0.25, 0.3) is 132 Å². The topological polar surface area (TPSA) is 48.3 Å². The van der Waals surface area contributed by atoms with E-state index in [1.165, 1.54) is 76.2 Å². The molecule has 0 bridgehead atoms. The first-order chi connectivity index (χ1) is 30.3. The number of furan rings is 1. The van der Waals surface area contributed by atoms with Crippen molar-refractivity contribution in [3.05, 3.63) is 194 Å². The first-order valence-electron chi connectivity index (χ1n) is 20.7. The molecule has 0 saturated heterocycles. The molecule has 0 aliphatic rings. The minimum atomic E-state index is 0.653. The second-order valence-electron chi connectivity index (χ2n) is 16.1. The molecule has 5 heteroatoms. The summed E-state index contributed by atoms with van der Waals surface area (Å²) in [6.45, 7) is 0. The predicted molar refractivity (Wildman–Crippen MR) is 252 cm³/mol. The summed E-state index contributed by atoms with van der Waals surface area (Å²) in [6.07, 6.45) is 0. The molecule has 0 radical (unpaired) electrons. The Morgan fingerprint density at radius 1 is 0.393 bits per heavy atom. The zero-order valence-corrected chi connectivity index (χ0v) is 32.7. The van der Waals surface area contributed by atoms with Gasteiger partial charge >= 0.3 is 0 Å². The molecule has 0 saturated carbocycles. The van der Waals surface area contributed by atoms with E-state index >= 15 is 0 Å². The van der Waals surface area contributed by atoms with Gasteiger partial charge in [-0.3, -0.25) is 0 Å². The normalized spacial score (nSPS) is 12.3. The molecule has 282 valence electrons. The average Bonchev–Trinajstić information content (AvgIpc) is 4.07. The summed E-state index contributed by atoms with van der Waals surface area (Å²) in [6, 6.07) is 69.4. The summed E-state index contributed by atoms with van der Waals surface area (Å²) < 4.78 is 11.4. The first-order valence-corrected chi connectivity index (χ1v) is 20.7. The molecule has 0 atom stereocenters. The van der Waals surface area contributed by atoms with Crippen LogP contribution in [0.1, 0.15) is 0 Å². The summed E-state index contributed by atoms with van der Waals surface area (Å²) in [5, 5.41) is 11.1.